The van der Waals surface area contributed by atoms with Crippen molar-refractivity contribution < 1.29 is 4.79 Å². The van der Waals surface area contributed by atoms with E-state index in [0.29, 0.717) is 5.69 Å². The molecule has 0 bridgehead atoms. The highest BCUT2D eigenvalue weighted by Crippen LogP contribution is 2.09. The Morgan fingerprint density at radius 3 is 2.84 bits per heavy atom. The fraction of sp³-hybridized carbons (Fsp3) is 0.0769. The van der Waals surface area contributed by atoms with Gasteiger partial charge in [-0.1, -0.05) is 18.2 Å². The van der Waals surface area contributed by atoms with Gasteiger partial charge in [0.25, 0.3) is 0 Å². The molecule has 0 spiro atoms. The summed E-state index contributed by atoms with van der Waals surface area (Å²) in [7, 11) is 0. The first-order chi connectivity index (χ1) is 9.33. The van der Waals surface area contributed by atoms with E-state index in [1.54, 1.807) is 6.20 Å². The summed E-state index contributed by atoms with van der Waals surface area (Å²) in [5.74, 6) is -0.0721. The molecule has 0 amide bonds. The number of benzene rings is 1. The van der Waals surface area contributed by atoms with Crippen molar-refractivity contribution in [1.82, 2.24) is 20.0 Å². The van der Waals surface area contributed by atoms with E-state index in [-0.39, 0.29) is 12.2 Å². The van der Waals surface area contributed by atoms with Crippen LogP contribution in [0.5, 0.6) is 0 Å². The Hall–Kier alpha value is -2.34. The van der Waals surface area contributed by atoms with E-state index in [1.807, 2.05) is 35.7 Å². The molecule has 0 N–H and O–H groups in total. The Bertz CT molecular complexity index is 676. The summed E-state index contributed by atoms with van der Waals surface area (Å²) in [6, 6.07) is 9.48. The van der Waals surface area contributed by atoms with Crippen LogP contribution in [0.15, 0.2) is 48.1 Å². The predicted molar refractivity (Wildman–Crippen MR) is 71.5 cm³/mol. The molecule has 0 atom stereocenters. The largest absolute Gasteiger partial charge is 0.292 e. The summed E-state index contributed by atoms with van der Waals surface area (Å²) in [6.07, 6.45) is 3.45. The van der Waals surface area contributed by atoms with Gasteiger partial charge in [-0.3, -0.25) is 4.79 Å². The normalized spacial score (nSPS) is 10.5. The van der Waals surface area contributed by atoms with E-state index in [0.717, 1.165) is 10.7 Å². The van der Waals surface area contributed by atoms with Gasteiger partial charge < -0.3 is 0 Å². The molecule has 0 unspecified atom stereocenters. The molecule has 0 saturated heterocycles. The zero-order valence-corrected chi connectivity index (χ0v) is 10.7. The molecule has 0 radical (unpaired) electrons. The van der Waals surface area contributed by atoms with Gasteiger partial charge in [-0.05, 0) is 12.1 Å². The molecular weight excluding hydrogens is 260 g/mol. The highest BCUT2D eigenvalue weighted by molar-refractivity contribution is 7.09. The Morgan fingerprint density at radius 2 is 2.11 bits per heavy atom. The number of carbonyl (C=O) groups excluding carboxylic acids is 1. The van der Waals surface area contributed by atoms with Crippen LogP contribution in [0.25, 0.3) is 5.69 Å². The standard InChI is InChI=1S/C13H10N4OS/c18-12(8-13-14-6-7-19-13)11-9-15-17(16-11)10-4-2-1-3-5-10/h1-7,9H,8H2. The second-order valence-electron chi connectivity index (χ2n) is 3.88. The third-order valence-corrected chi connectivity index (χ3v) is 3.34. The van der Waals surface area contributed by atoms with Crippen LogP contribution in [-0.2, 0) is 6.42 Å². The summed E-state index contributed by atoms with van der Waals surface area (Å²) in [5, 5.41) is 10.9. The molecular formula is C13H10N4OS. The third-order valence-electron chi connectivity index (χ3n) is 2.56. The molecule has 0 saturated carbocycles. The maximum atomic E-state index is 12.0. The number of hydrogen-bond acceptors (Lipinski definition) is 5. The number of aromatic nitrogens is 4. The van der Waals surface area contributed by atoms with E-state index >= 15 is 0 Å². The van der Waals surface area contributed by atoms with Gasteiger partial charge in [0, 0.05) is 11.6 Å². The molecule has 3 rings (SSSR count). The van der Waals surface area contributed by atoms with Crippen molar-refractivity contribution in [3.63, 3.8) is 0 Å². The van der Waals surface area contributed by atoms with Crippen molar-refractivity contribution >= 4 is 17.1 Å². The summed E-state index contributed by atoms with van der Waals surface area (Å²) in [4.78, 5) is 17.6. The fourth-order valence-corrected chi connectivity index (χ4v) is 2.26. The highest BCUT2D eigenvalue weighted by Gasteiger charge is 2.13. The molecule has 5 nitrogen and oxygen atoms in total. The molecule has 2 aromatic heterocycles. The van der Waals surface area contributed by atoms with Gasteiger partial charge in [-0.25, -0.2) is 4.98 Å². The quantitative estimate of drug-likeness (QED) is 0.681. The lowest BCUT2D eigenvalue weighted by Gasteiger charge is -1.97. The number of thiazole rings is 1. The Kier molecular flexibility index (Phi) is 3.16. The first kappa shape index (κ1) is 11.7. The van der Waals surface area contributed by atoms with Crippen LogP contribution in [0.2, 0.25) is 0 Å². The lowest BCUT2D eigenvalue weighted by atomic mass is 10.2. The zero-order chi connectivity index (χ0) is 13.1. The minimum absolute atomic E-state index is 0.0721. The summed E-state index contributed by atoms with van der Waals surface area (Å²) in [6.45, 7) is 0. The molecule has 0 fully saturated rings. The third kappa shape index (κ3) is 2.58. The minimum Gasteiger partial charge on any atom is -0.292 e. The molecule has 3 aromatic rings. The molecule has 0 aliphatic rings. The predicted octanol–water partition coefficient (Wildman–Crippen LogP) is 2.15. The van der Waals surface area contributed by atoms with Gasteiger partial charge in [0.05, 0.1) is 18.3 Å². The minimum atomic E-state index is -0.0721. The Labute approximate surface area is 113 Å². The van der Waals surface area contributed by atoms with Gasteiger partial charge in [0.1, 0.15) is 10.7 Å². The fourth-order valence-electron chi connectivity index (χ4n) is 1.64. The van der Waals surface area contributed by atoms with Crippen molar-refractivity contribution in [2.45, 2.75) is 6.42 Å². The lowest BCUT2D eigenvalue weighted by Crippen LogP contribution is -2.05. The van der Waals surface area contributed by atoms with Gasteiger partial charge in [0.2, 0.25) is 0 Å². The van der Waals surface area contributed by atoms with Crippen molar-refractivity contribution in [3.8, 4) is 5.69 Å². The number of carbonyl (C=O) groups is 1. The van der Waals surface area contributed by atoms with Crippen LogP contribution in [0.3, 0.4) is 0 Å². The Balaban J connectivity index is 1.80. The smallest absolute Gasteiger partial charge is 0.191 e. The van der Waals surface area contributed by atoms with Crippen molar-refractivity contribution in [3.05, 3.63) is 58.8 Å². The molecule has 94 valence electrons. The monoisotopic (exact) mass is 270 g/mol. The number of para-hydroxylation sites is 1. The number of hydrogen-bond donors (Lipinski definition) is 0. The van der Waals surface area contributed by atoms with Gasteiger partial charge >= 0.3 is 0 Å². The number of rotatable bonds is 4. The number of Topliss-reactive ketones (excluding diaryl/α,β-unsaturated/α-hetero) is 1. The molecule has 6 heteroatoms. The Morgan fingerprint density at radius 1 is 1.26 bits per heavy atom. The first-order valence-corrected chi connectivity index (χ1v) is 6.60. The second-order valence-corrected chi connectivity index (χ2v) is 4.86. The van der Waals surface area contributed by atoms with E-state index in [9.17, 15) is 4.79 Å². The summed E-state index contributed by atoms with van der Waals surface area (Å²) < 4.78 is 0. The van der Waals surface area contributed by atoms with E-state index in [1.165, 1.54) is 22.3 Å². The molecule has 19 heavy (non-hydrogen) atoms. The summed E-state index contributed by atoms with van der Waals surface area (Å²) in [5.41, 5.74) is 1.19. The zero-order valence-electron chi connectivity index (χ0n) is 9.93. The van der Waals surface area contributed by atoms with Crippen LogP contribution >= 0.6 is 11.3 Å². The number of ketones is 1. The molecule has 2 heterocycles. The van der Waals surface area contributed by atoms with E-state index in [4.69, 9.17) is 0 Å². The number of nitrogens with zero attached hydrogens (tertiary/aromatic N) is 4. The average molecular weight is 270 g/mol. The van der Waals surface area contributed by atoms with Crippen LogP contribution in [-0.4, -0.2) is 25.8 Å². The molecule has 1 aromatic carbocycles. The maximum Gasteiger partial charge on any atom is 0.191 e. The first-order valence-electron chi connectivity index (χ1n) is 5.72. The SMILES string of the molecule is O=C(Cc1nccs1)c1cnn(-c2ccccc2)n1. The van der Waals surface area contributed by atoms with Crippen LogP contribution in [0, 0.1) is 0 Å². The topological polar surface area (TPSA) is 60.7 Å². The average Bonchev–Trinajstić information content (AvgIpc) is 3.10. The molecule has 0 aliphatic heterocycles. The van der Waals surface area contributed by atoms with Gasteiger partial charge in [-0.15, -0.1) is 16.4 Å². The van der Waals surface area contributed by atoms with Crippen LogP contribution < -0.4 is 0 Å². The van der Waals surface area contributed by atoms with E-state index < -0.39 is 0 Å². The van der Waals surface area contributed by atoms with Crippen molar-refractivity contribution in [1.29, 1.82) is 0 Å². The second kappa shape index (κ2) is 5.11. The highest BCUT2D eigenvalue weighted by atomic mass is 32.1. The maximum absolute atomic E-state index is 12.0. The van der Waals surface area contributed by atoms with Crippen molar-refractivity contribution in [2.24, 2.45) is 0 Å². The van der Waals surface area contributed by atoms with Gasteiger partial charge in [-0.2, -0.15) is 9.90 Å². The summed E-state index contributed by atoms with van der Waals surface area (Å²) >= 11 is 1.46. The van der Waals surface area contributed by atoms with Gasteiger partial charge in [0.15, 0.2) is 5.78 Å². The van der Waals surface area contributed by atoms with E-state index in [2.05, 4.69) is 15.2 Å². The lowest BCUT2D eigenvalue weighted by molar-refractivity contribution is 0.0987. The molecule has 0 aliphatic carbocycles. The van der Waals surface area contributed by atoms with Crippen LogP contribution in [0.1, 0.15) is 15.5 Å². The van der Waals surface area contributed by atoms with Crippen molar-refractivity contribution in [2.75, 3.05) is 0 Å². The van der Waals surface area contributed by atoms with Crippen LogP contribution in [0.4, 0.5) is 0 Å².